The average Bonchev–Trinajstić information content (AvgIpc) is 3.22. The number of nitrogens with zero attached hydrogens (tertiary/aromatic N) is 2. The molecule has 3 atom stereocenters. The summed E-state index contributed by atoms with van der Waals surface area (Å²) in [4.78, 5) is 31.1. The van der Waals surface area contributed by atoms with E-state index in [2.05, 4.69) is 5.32 Å². The molecule has 0 saturated carbocycles. The number of pyridine rings is 2. The monoisotopic (exact) mass is 509 g/mol. The first-order valence-corrected chi connectivity index (χ1v) is 12.8. The predicted octanol–water partition coefficient (Wildman–Crippen LogP) is 3.00. The van der Waals surface area contributed by atoms with Crippen LogP contribution in [0.3, 0.4) is 0 Å². The van der Waals surface area contributed by atoms with Gasteiger partial charge in [0, 0.05) is 34.1 Å². The molecule has 0 fully saturated rings. The van der Waals surface area contributed by atoms with Gasteiger partial charge in [-0.05, 0) is 61.9 Å². The molecule has 3 aromatic rings. The normalized spacial score (nSPS) is 22.7. The minimum absolute atomic E-state index is 0.0240. The van der Waals surface area contributed by atoms with Gasteiger partial charge in [-0.2, -0.15) is 0 Å². The molecule has 0 amide bonds. The zero-order chi connectivity index (χ0) is 25.5. The predicted molar refractivity (Wildman–Crippen MR) is 135 cm³/mol. The summed E-state index contributed by atoms with van der Waals surface area (Å²) in [7, 11) is 0. The van der Waals surface area contributed by atoms with Crippen molar-refractivity contribution in [1.29, 1.82) is 0 Å². The number of esters is 1. The van der Waals surface area contributed by atoms with Gasteiger partial charge in [0.2, 0.25) is 0 Å². The first kappa shape index (κ1) is 23.6. The lowest BCUT2D eigenvalue weighted by molar-refractivity contribution is -0.172. The molecule has 1 aliphatic carbocycles. The van der Waals surface area contributed by atoms with Crippen molar-refractivity contribution in [2.45, 2.75) is 70.9 Å². The Morgan fingerprint density at radius 1 is 1.31 bits per heavy atom. The van der Waals surface area contributed by atoms with Gasteiger partial charge in [-0.25, -0.2) is 9.78 Å². The second-order valence-electron chi connectivity index (χ2n) is 10.2. The fraction of sp³-hybridized carbons (Fsp3) is 0.444. The van der Waals surface area contributed by atoms with E-state index in [1.807, 2.05) is 13.0 Å². The number of aliphatic hydroxyl groups excluding tert-OH is 1. The third-order valence-electron chi connectivity index (χ3n) is 8.04. The maximum atomic E-state index is 13.6. The van der Waals surface area contributed by atoms with Crippen molar-refractivity contribution in [3.63, 3.8) is 0 Å². The number of aryl methyl sites for hydroxylation is 1. The van der Waals surface area contributed by atoms with Crippen LogP contribution in [0.1, 0.15) is 66.1 Å². The molecule has 6 rings (SSSR count). The minimum Gasteiger partial charge on any atom is -0.458 e. The topological polar surface area (TPSA) is 114 Å². The van der Waals surface area contributed by atoms with Crippen LogP contribution in [0, 0.1) is 6.92 Å². The van der Waals surface area contributed by atoms with E-state index in [1.165, 1.54) is 5.56 Å². The highest BCUT2D eigenvalue weighted by atomic mass is 35.5. The van der Waals surface area contributed by atoms with E-state index in [4.69, 9.17) is 21.3 Å². The van der Waals surface area contributed by atoms with E-state index in [-0.39, 0.29) is 24.6 Å². The van der Waals surface area contributed by atoms with Crippen molar-refractivity contribution >= 4 is 28.5 Å². The van der Waals surface area contributed by atoms with Crippen LogP contribution < -0.4 is 10.9 Å². The van der Waals surface area contributed by atoms with Crippen molar-refractivity contribution in [1.82, 2.24) is 14.9 Å². The van der Waals surface area contributed by atoms with Gasteiger partial charge in [-0.3, -0.25) is 4.79 Å². The Morgan fingerprint density at radius 2 is 2.08 bits per heavy atom. The molecule has 9 heteroatoms. The number of carbonyl (C=O) groups excluding carboxylic acids is 1. The van der Waals surface area contributed by atoms with Gasteiger partial charge >= 0.3 is 5.97 Å². The Morgan fingerprint density at radius 3 is 2.81 bits per heavy atom. The van der Waals surface area contributed by atoms with Crippen LogP contribution in [0.25, 0.3) is 22.3 Å². The van der Waals surface area contributed by atoms with Crippen LogP contribution in [-0.4, -0.2) is 38.4 Å². The van der Waals surface area contributed by atoms with Gasteiger partial charge < -0.3 is 24.8 Å². The molecule has 0 spiro atoms. The molecule has 4 heterocycles. The van der Waals surface area contributed by atoms with E-state index >= 15 is 0 Å². The molecule has 2 aliphatic heterocycles. The summed E-state index contributed by atoms with van der Waals surface area (Å²) in [6, 6.07) is 3.58. The molecule has 2 aromatic heterocycles. The number of cyclic esters (lactones) is 1. The summed E-state index contributed by atoms with van der Waals surface area (Å²) in [6.45, 7) is 6.07. The van der Waals surface area contributed by atoms with Gasteiger partial charge in [-0.15, -0.1) is 0 Å². The quantitative estimate of drug-likeness (QED) is 0.362. The molecule has 8 nitrogen and oxygen atoms in total. The smallest absolute Gasteiger partial charge is 0.343 e. The van der Waals surface area contributed by atoms with Gasteiger partial charge in [-0.1, -0.05) is 18.5 Å². The van der Waals surface area contributed by atoms with Gasteiger partial charge in [0.1, 0.15) is 6.61 Å². The number of fused-ring (bicyclic) bond motifs is 5. The number of halogens is 1. The lowest BCUT2D eigenvalue weighted by Crippen LogP contribution is -2.44. The highest BCUT2D eigenvalue weighted by Crippen LogP contribution is 2.46. The van der Waals surface area contributed by atoms with Crippen LogP contribution in [0.5, 0.6) is 0 Å². The second-order valence-corrected chi connectivity index (χ2v) is 10.6. The van der Waals surface area contributed by atoms with E-state index in [9.17, 15) is 19.8 Å². The zero-order valence-corrected chi connectivity index (χ0v) is 21.2. The van der Waals surface area contributed by atoms with E-state index in [0.717, 1.165) is 40.4 Å². The second kappa shape index (κ2) is 8.11. The number of ether oxygens (including phenoxy) is 1. The van der Waals surface area contributed by atoms with Crippen LogP contribution in [0.2, 0.25) is 5.02 Å². The van der Waals surface area contributed by atoms with Crippen LogP contribution in [0.4, 0.5) is 0 Å². The summed E-state index contributed by atoms with van der Waals surface area (Å²) in [5.41, 5.74) is 4.66. The number of benzene rings is 1. The van der Waals surface area contributed by atoms with Crippen LogP contribution in [0.15, 0.2) is 16.9 Å². The molecule has 36 heavy (non-hydrogen) atoms. The lowest BCUT2D eigenvalue weighted by atomic mass is 9.81. The van der Waals surface area contributed by atoms with Crippen LogP contribution >= 0.6 is 11.6 Å². The minimum atomic E-state index is -1.87. The van der Waals surface area contributed by atoms with Gasteiger partial charge in [0.05, 0.1) is 35.1 Å². The average molecular weight is 510 g/mol. The molecular weight excluding hydrogens is 482 g/mol. The number of aromatic nitrogens is 2. The Labute approximate surface area is 212 Å². The van der Waals surface area contributed by atoms with Crippen molar-refractivity contribution in [3.05, 3.63) is 60.9 Å². The number of rotatable bonds is 4. The van der Waals surface area contributed by atoms with Crippen LogP contribution in [-0.2, 0) is 34.7 Å². The maximum Gasteiger partial charge on any atom is 0.343 e. The standard InChI is InChI=1S/C27H28ClN3O5/c1-4-27(35)17-7-21-24-15(10-31(21)25(33)16(17)11-36-26(27)34)23-19(29-9-12(2)32)6-5-14-13(3)18(28)8-20(30-24)22(14)23/h7-8,12,19,29,32,35H,4-6,9-11H2,1-3H3/t12-,19-,27-/m0/s1. The summed E-state index contributed by atoms with van der Waals surface area (Å²) < 4.78 is 6.86. The van der Waals surface area contributed by atoms with Gasteiger partial charge in [0.25, 0.3) is 5.56 Å². The molecule has 0 radical (unpaired) electrons. The highest BCUT2D eigenvalue weighted by molar-refractivity contribution is 6.32. The molecule has 3 N–H and O–H groups in total. The van der Waals surface area contributed by atoms with E-state index in [0.29, 0.717) is 40.6 Å². The third-order valence-corrected chi connectivity index (χ3v) is 8.43. The highest BCUT2D eigenvalue weighted by Gasteiger charge is 2.45. The number of hydrogen-bond acceptors (Lipinski definition) is 7. The molecular formula is C27H28ClN3O5. The first-order chi connectivity index (χ1) is 17.2. The summed E-state index contributed by atoms with van der Waals surface area (Å²) in [6.07, 6.45) is 1.25. The third kappa shape index (κ3) is 3.14. The summed E-state index contributed by atoms with van der Waals surface area (Å²) >= 11 is 6.60. The number of carbonyl (C=O) groups is 1. The molecule has 188 valence electrons. The Kier molecular flexibility index (Phi) is 5.32. The van der Waals surface area contributed by atoms with Crippen molar-refractivity contribution in [2.24, 2.45) is 0 Å². The molecule has 3 aliphatic rings. The maximum absolute atomic E-state index is 13.6. The number of aliphatic hydroxyl groups is 2. The molecule has 0 saturated heterocycles. The Balaban J connectivity index is 1.64. The Bertz CT molecular complexity index is 1530. The molecule has 1 aromatic carbocycles. The molecule has 0 bridgehead atoms. The lowest BCUT2D eigenvalue weighted by Gasteiger charge is -2.31. The SMILES string of the molecule is CC[C@@]1(O)C(=O)OCc2c1cc1n(c2=O)Cc2c-1nc1cc(Cl)c(C)c3c1c2[C@@H](NC[C@H](C)O)CC3. The Hall–Kier alpha value is -2.78. The summed E-state index contributed by atoms with van der Waals surface area (Å²) in [5.74, 6) is -0.740. The van der Waals surface area contributed by atoms with Crippen molar-refractivity contribution < 1.29 is 19.7 Å². The zero-order valence-electron chi connectivity index (χ0n) is 20.4. The number of nitrogens with one attached hydrogen (secondary N) is 1. The van der Waals surface area contributed by atoms with Crippen molar-refractivity contribution in [2.75, 3.05) is 6.54 Å². The van der Waals surface area contributed by atoms with E-state index < -0.39 is 17.7 Å². The van der Waals surface area contributed by atoms with E-state index in [1.54, 1.807) is 24.5 Å². The fourth-order valence-corrected chi connectivity index (χ4v) is 6.29. The van der Waals surface area contributed by atoms with Gasteiger partial charge in [0.15, 0.2) is 5.60 Å². The van der Waals surface area contributed by atoms with Crippen molar-refractivity contribution in [3.8, 4) is 11.4 Å². The first-order valence-electron chi connectivity index (χ1n) is 12.4. The fourth-order valence-electron chi connectivity index (χ4n) is 6.07. The summed E-state index contributed by atoms with van der Waals surface area (Å²) in [5, 5.41) is 26.3. The largest absolute Gasteiger partial charge is 0.458 e. The molecule has 0 unspecified atom stereocenters. The number of hydrogen-bond donors (Lipinski definition) is 3.